The van der Waals surface area contributed by atoms with Crippen molar-refractivity contribution in [2.45, 2.75) is 159 Å². The van der Waals surface area contributed by atoms with E-state index in [1.54, 1.807) is 13.8 Å². The first-order valence-electron chi connectivity index (χ1n) is 24.8. The molecule has 0 radical (unpaired) electrons. The highest BCUT2D eigenvalue weighted by Crippen LogP contribution is 2.20. The fraction of sp³-hybridized carbons (Fsp3) is 0.644. The minimum atomic E-state index is -1.94. The van der Waals surface area contributed by atoms with Gasteiger partial charge in [0.05, 0.1) is 24.9 Å². The normalized spacial score (nSPS) is 16.5. The summed E-state index contributed by atoms with van der Waals surface area (Å²) in [6.07, 6.45) is -1.06. The molecule has 0 aliphatic carbocycles. The van der Waals surface area contributed by atoms with Crippen molar-refractivity contribution in [1.82, 2.24) is 52.1 Å². The van der Waals surface area contributed by atoms with Gasteiger partial charge in [0.2, 0.25) is 53.2 Å². The largest absolute Gasteiger partial charge is 0.481 e. The number of aromatic nitrogens is 2. The molecule has 0 spiro atoms. The summed E-state index contributed by atoms with van der Waals surface area (Å²) in [6, 6.07) is -13.4. The molecular weight excluding hydrogens is 1020 g/mol. The van der Waals surface area contributed by atoms with Gasteiger partial charge in [-0.1, -0.05) is 13.8 Å². The number of guanidine groups is 2. The molecule has 23 N–H and O–H groups in total. The smallest absolute Gasteiger partial charge is 0.326 e. The van der Waals surface area contributed by atoms with Crippen molar-refractivity contribution < 1.29 is 68.1 Å². The molecule has 1 aliphatic heterocycles. The van der Waals surface area contributed by atoms with Crippen LogP contribution in [0.2, 0.25) is 0 Å². The average Bonchev–Trinajstić information content (AvgIpc) is 4.05. The number of aliphatic carboxylic acids is 2. The van der Waals surface area contributed by atoms with Crippen molar-refractivity contribution in [2.24, 2.45) is 50.3 Å². The Hall–Kier alpha value is -8.16. The van der Waals surface area contributed by atoms with E-state index in [0.717, 1.165) is 11.8 Å². The van der Waals surface area contributed by atoms with Gasteiger partial charge in [-0.2, -0.15) is 0 Å². The number of hydrogen-bond acceptors (Lipinski definition) is 16. The molecule has 1 saturated heterocycles. The number of likely N-dealkylation sites (tertiary alicyclic amines) is 1. The molecule has 1 aliphatic rings. The SMILES string of the molecule is CC(C)C[C@H](NC(=O)[C@H](C)N)C(=O)N[C@@H](CCC(N)=O)C(=O)N[C@@H](CCCN=C(N)N)C(=O)N[C@@H](Cc1cnc[nH]1)C(=O)N[C@H](C(=O)N[C@@H](CC(=O)O)C(=O)N1CCC[C@H]1C(=O)N[C@@H](CCCN=C(N)N)C(=O)O)[C@@H](C)O. The summed E-state index contributed by atoms with van der Waals surface area (Å²) >= 11 is 0. The molecule has 0 bridgehead atoms. The number of amides is 9. The number of aliphatic imine (C=N–C) groups is 2. The lowest BCUT2D eigenvalue weighted by molar-refractivity contribution is -0.147. The fourth-order valence-electron chi connectivity index (χ4n) is 7.80. The van der Waals surface area contributed by atoms with Crippen molar-refractivity contribution in [3.8, 4) is 0 Å². The fourth-order valence-corrected chi connectivity index (χ4v) is 7.80. The molecule has 430 valence electrons. The van der Waals surface area contributed by atoms with E-state index >= 15 is 0 Å². The van der Waals surface area contributed by atoms with Crippen LogP contribution in [0.4, 0.5) is 0 Å². The Bertz CT molecular complexity index is 2270. The maximum absolute atomic E-state index is 14.3. The van der Waals surface area contributed by atoms with Crippen LogP contribution in [0.1, 0.15) is 97.6 Å². The number of aliphatic hydroxyl groups excluding tert-OH is 1. The Labute approximate surface area is 443 Å². The lowest BCUT2D eigenvalue weighted by Gasteiger charge is -2.30. The monoisotopic (exact) mass is 1090 g/mol. The van der Waals surface area contributed by atoms with Crippen molar-refractivity contribution in [3.05, 3.63) is 18.2 Å². The van der Waals surface area contributed by atoms with Crippen molar-refractivity contribution >= 4 is 77.0 Å². The number of aliphatic hydroxyl groups is 1. The molecule has 32 nitrogen and oxygen atoms in total. The van der Waals surface area contributed by atoms with E-state index in [2.05, 4.69) is 57.2 Å². The van der Waals surface area contributed by atoms with Crippen LogP contribution in [-0.4, -0.2) is 187 Å². The number of carboxylic acid groups (broad SMARTS) is 2. The minimum Gasteiger partial charge on any atom is -0.481 e. The third-order valence-electron chi connectivity index (χ3n) is 11.7. The summed E-state index contributed by atoms with van der Waals surface area (Å²) in [5, 5.41) is 47.4. The van der Waals surface area contributed by atoms with Gasteiger partial charge < -0.3 is 96.8 Å². The first-order chi connectivity index (χ1) is 36.1. The molecule has 1 aromatic rings. The molecular formula is C45H76N18O14. The Morgan fingerprint density at radius 3 is 1.70 bits per heavy atom. The first kappa shape index (κ1) is 65.0. The molecule has 2 heterocycles. The Morgan fingerprint density at radius 2 is 1.21 bits per heavy atom. The summed E-state index contributed by atoms with van der Waals surface area (Å²) in [4.78, 5) is 161. The average molecular weight is 1090 g/mol. The molecule has 1 fully saturated rings. The summed E-state index contributed by atoms with van der Waals surface area (Å²) in [6.45, 7) is 5.97. The molecule has 0 unspecified atom stereocenters. The quantitative estimate of drug-likeness (QED) is 0.0173. The second-order valence-electron chi connectivity index (χ2n) is 18.8. The number of carbonyl (C=O) groups is 11. The van der Waals surface area contributed by atoms with Crippen LogP contribution >= 0.6 is 0 Å². The molecule has 0 saturated carbocycles. The predicted octanol–water partition coefficient (Wildman–Crippen LogP) is -6.96. The van der Waals surface area contributed by atoms with Gasteiger partial charge in [-0.05, 0) is 71.1 Å². The predicted molar refractivity (Wildman–Crippen MR) is 273 cm³/mol. The lowest BCUT2D eigenvalue weighted by atomic mass is 10.0. The van der Waals surface area contributed by atoms with E-state index in [1.807, 2.05) is 0 Å². The van der Waals surface area contributed by atoms with Crippen LogP contribution in [0.3, 0.4) is 0 Å². The zero-order valence-electron chi connectivity index (χ0n) is 43.5. The molecule has 32 heteroatoms. The molecule has 9 amide bonds. The van der Waals surface area contributed by atoms with Gasteiger partial charge in [0, 0.05) is 44.4 Å². The van der Waals surface area contributed by atoms with E-state index in [0.29, 0.717) is 0 Å². The Kier molecular flexibility index (Phi) is 27.3. The van der Waals surface area contributed by atoms with Gasteiger partial charge in [-0.3, -0.25) is 57.9 Å². The highest BCUT2D eigenvalue weighted by atomic mass is 16.4. The van der Waals surface area contributed by atoms with Gasteiger partial charge in [0.15, 0.2) is 11.9 Å². The van der Waals surface area contributed by atoms with Gasteiger partial charge in [0.1, 0.15) is 48.3 Å². The summed E-state index contributed by atoms with van der Waals surface area (Å²) in [5.74, 6) is -12.2. The lowest BCUT2D eigenvalue weighted by Crippen LogP contribution is -2.62. The number of nitrogens with zero attached hydrogens (tertiary/aromatic N) is 4. The highest BCUT2D eigenvalue weighted by Gasteiger charge is 2.41. The Morgan fingerprint density at radius 1 is 0.688 bits per heavy atom. The van der Waals surface area contributed by atoms with Gasteiger partial charge in [-0.15, -0.1) is 0 Å². The number of primary amides is 1. The van der Waals surface area contributed by atoms with E-state index < -0.39 is 138 Å². The third kappa shape index (κ3) is 23.5. The summed E-state index contributed by atoms with van der Waals surface area (Å²) < 4.78 is 0. The van der Waals surface area contributed by atoms with Gasteiger partial charge in [0.25, 0.3) is 0 Å². The Balaban J connectivity index is 2.46. The maximum Gasteiger partial charge on any atom is 0.326 e. The van der Waals surface area contributed by atoms with Crippen LogP contribution in [-0.2, 0) is 59.2 Å². The summed E-state index contributed by atoms with van der Waals surface area (Å²) in [7, 11) is 0. The number of H-pyrrole nitrogens is 1. The number of carbonyl (C=O) groups excluding carboxylic acids is 9. The number of carboxylic acids is 2. The number of aromatic amines is 1. The van der Waals surface area contributed by atoms with Crippen molar-refractivity contribution in [3.63, 3.8) is 0 Å². The molecule has 1 aromatic heterocycles. The number of rotatable bonds is 34. The summed E-state index contributed by atoms with van der Waals surface area (Å²) in [5.41, 5.74) is 32.9. The first-order valence-corrected chi connectivity index (χ1v) is 24.8. The molecule has 77 heavy (non-hydrogen) atoms. The van der Waals surface area contributed by atoms with E-state index in [4.69, 9.17) is 34.4 Å². The molecule has 2 rings (SSSR count). The van der Waals surface area contributed by atoms with Crippen LogP contribution in [0, 0.1) is 5.92 Å². The minimum absolute atomic E-state index is 0.0414. The van der Waals surface area contributed by atoms with Crippen molar-refractivity contribution in [2.75, 3.05) is 19.6 Å². The van der Waals surface area contributed by atoms with E-state index in [9.17, 15) is 68.1 Å². The number of hydrogen-bond donors (Lipinski definition) is 17. The highest BCUT2D eigenvalue weighted by molar-refractivity contribution is 5.99. The van der Waals surface area contributed by atoms with E-state index in [-0.39, 0.29) is 101 Å². The van der Waals surface area contributed by atoms with Crippen molar-refractivity contribution in [1.29, 1.82) is 0 Å². The zero-order chi connectivity index (χ0) is 58.1. The third-order valence-corrected chi connectivity index (χ3v) is 11.7. The second kappa shape index (κ2) is 32.3. The number of nitrogens with one attached hydrogen (secondary N) is 8. The zero-order valence-corrected chi connectivity index (χ0v) is 43.5. The second-order valence-corrected chi connectivity index (χ2v) is 18.8. The number of nitrogens with two attached hydrogens (primary N) is 6. The van der Waals surface area contributed by atoms with Gasteiger partial charge in [-0.25, -0.2) is 9.78 Å². The topological polar surface area (TPSA) is 545 Å². The van der Waals surface area contributed by atoms with Crippen LogP contribution in [0.5, 0.6) is 0 Å². The standard InChI is InChI=1S/C45H76N18O14/c1-21(2)16-28(59-35(68)22(3)46)38(71)57-26(11-12-32(47)65)37(70)56-25(8-5-13-53-44(48)49)36(69)60-29(17-24-19-52-20-55-24)39(72)62-34(23(4)64)41(74)61-30(18-33(66)67)42(75)63-15-7-10-31(63)40(73)58-27(43(76)77)9-6-14-54-45(50)51/h19-23,25-31,34,64H,5-18,46H2,1-4H3,(H2,47,65)(H,52,55)(H,56,70)(H,57,71)(H,58,73)(H,59,68)(H,60,69)(H,61,74)(H,62,72)(H,66,67)(H,76,77)(H4,48,49,53)(H4,50,51,54)/t22-,23+,25-,26-,27-,28-,29-,30-,31-,34-/m0/s1. The van der Waals surface area contributed by atoms with E-state index in [1.165, 1.54) is 19.4 Å². The van der Waals surface area contributed by atoms with Crippen LogP contribution < -0.4 is 71.6 Å². The number of imidazole rings is 1. The van der Waals surface area contributed by atoms with Crippen LogP contribution in [0.15, 0.2) is 22.5 Å². The molecule has 10 atom stereocenters. The maximum atomic E-state index is 14.3. The van der Waals surface area contributed by atoms with Crippen LogP contribution in [0.25, 0.3) is 0 Å². The van der Waals surface area contributed by atoms with Gasteiger partial charge >= 0.3 is 11.9 Å². The molecule has 0 aromatic carbocycles.